The molecule has 0 spiro atoms. The summed E-state index contributed by atoms with van der Waals surface area (Å²) in [6.45, 7) is 6.08. The Kier molecular flexibility index (Phi) is 5.86. The molecule has 0 radical (unpaired) electrons. The summed E-state index contributed by atoms with van der Waals surface area (Å²) in [6, 6.07) is 4.64. The lowest BCUT2D eigenvalue weighted by Gasteiger charge is -2.61. The Labute approximate surface area is 209 Å². The van der Waals surface area contributed by atoms with Crippen molar-refractivity contribution in [2.75, 3.05) is 13.7 Å². The van der Waals surface area contributed by atoms with Crippen LogP contribution in [0.3, 0.4) is 0 Å². The average Bonchev–Trinajstić information content (AvgIpc) is 3.38. The van der Waals surface area contributed by atoms with Gasteiger partial charge in [0, 0.05) is 30.7 Å². The smallest absolute Gasteiger partial charge is 0.157 e. The van der Waals surface area contributed by atoms with Crippen LogP contribution in [0.2, 0.25) is 0 Å². The van der Waals surface area contributed by atoms with Crippen LogP contribution in [-0.2, 0) is 16.1 Å². The molecule has 8 atom stereocenters. The van der Waals surface area contributed by atoms with Crippen molar-refractivity contribution >= 4 is 16.7 Å². The molecule has 0 saturated heterocycles. The number of rotatable bonds is 5. The number of Topliss-reactive ketones (excluding diaryl/α,β-unsaturated/α-hetero) is 1. The van der Waals surface area contributed by atoms with Gasteiger partial charge in [0.1, 0.15) is 5.82 Å². The minimum Gasteiger partial charge on any atom is -0.384 e. The van der Waals surface area contributed by atoms with Crippen LogP contribution in [0.25, 0.3) is 10.9 Å². The van der Waals surface area contributed by atoms with E-state index in [0.29, 0.717) is 29.2 Å². The molecule has 190 valence electrons. The molecule has 4 aliphatic rings. The van der Waals surface area contributed by atoms with E-state index in [4.69, 9.17) is 4.74 Å². The Hall–Kier alpha value is -1.75. The first-order valence-corrected chi connectivity index (χ1v) is 14.0. The quantitative estimate of drug-likeness (QED) is 0.480. The molecular formula is C30H41FN2O2. The number of hydrogen-bond acceptors (Lipinski definition) is 3. The van der Waals surface area contributed by atoms with Gasteiger partial charge in [0.05, 0.1) is 18.7 Å². The van der Waals surface area contributed by atoms with Gasteiger partial charge in [-0.2, -0.15) is 5.10 Å². The van der Waals surface area contributed by atoms with Crippen LogP contribution in [0.4, 0.5) is 4.39 Å². The van der Waals surface area contributed by atoms with E-state index in [2.05, 4.69) is 18.9 Å². The minimum absolute atomic E-state index is 0.0972. The summed E-state index contributed by atoms with van der Waals surface area (Å²) in [6.07, 6.45) is 13.2. The molecule has 0 N–H and O–H groups in total. The van der Waals surface area contributed by atoms with E-state index in [1.807, 2.05) is 13.3 Å². The SMILES string of the molecule is COCC12CCC(C)CC1CCC1C3CCC(C(=O)Cn4cc5ccc(F)cc5n4)C3(C)CCC12. The number of methoxy groups -OCH3 is 1. The van der Waals surface area contributed by atoms with Crippen molar-refractivity contribution in [3.8, 4) is 0 Å². The molecular weight excluding hydrogens is 439 g/mol. The highest BCUT2D eigenvalue weighted by molar-refractivity contribution is 5.83. The molecule has 0 amide bonds. The van der Waals surface area contributed by atoms with E-state index in [9.17, 15) is 9.18 Å². The van der Waals surface area contributed by atoms with E-state index in [0.717, 1.165) is 48.5 Å². The maximum absolute atomic E-state index is 13.7. The Balaban J connectivity index is 1.22. The van der Waals surface area contributed by atoms with Gasteiger partial charge >= 0.3 is 0 Å². The largest absolute Gasteiger partial charge is 0.384 e. The molecule has 4 fully saturated rings. The summed E-state index contributed by atoms with van der Waals surface area (Å²) in [5, 5.41) is 5.39. The van der Waals surface area contributed by atoms with E-state index in [-0.39, 0.29) is 17.2 Å². The van der Waals surface area contributed by atoms with Crippen molar-refractivity contribution in [3.05, 3.63) is 30.2 Å². The number of fused-ring (bicyclic) bond motifs is 6. The second-order valence-electron chi connectivity index (χ2n) is 12.9. The molecule has 8 unspecified atom stereocenters. The van der Waals surface area contributed by atoms with Gasteiger partial charge < -0.3 is 4.74 Å². The zero-order chi connectivity index (χ0) is 24.4. The number of halogens is 1. The highest BCUT2D eigenvalue weighted by Gasteiger charge is 2.62. The molecule has 5 heteroatoms. The van der Waals surface area contributed by atoms with Crippen LogP contribution in [0.5, 0.6) is 0 Å². The number of aromatic nitrogens is 2. The lowest BCUT2D eigenvalue weighted by molar-refractivity contribution is -0.154. The van der Waals surface area contributed by atoms with Gasteiger partial charge in [-0.05, 0) is 104 Å². The topological polar surface area (TPSA) is 44.1 Å². The van der Waals surface area contributed by atoms with Crippen molar-refractivity contribution < 1.29 is 13.9 Å². The predicted molar refractivity (Wildman–Crippen MR) is 135 cm³/mol. The molecule has 1 aromatic carbocycles. The number of ether oxygens (including phenoxy) is 1. The first-order valence-electron chi connectivity index (χ1n) is 14.0. The minimum atomic E-state index is -0.287. The maximum atomic E-state index is 13.7. The van der Waals surface area contributed by atoms with Gasteiger partial charge in [0.2, 0.25) is 0 Å². The van der Waals surface area contributed by atoms with E-state index >= 15 is 0 Å². The number of nitrogens with zero attached hydrogens (tertiary/aromatic N) is 2. The number of ketones is 1. The number of carbonyl (C=O) groups is 1. The second-order valence-corrected chi connectivity index (χ2v) is 12.9. The highest BCUT2D eigenvalue weighted by Crippen LogP contribution is 2.68. The lowest BCUT2D eigenvalue weighted by atomic mass is 9.44. The van der Waals surface area contributed by atoms with Crippen molar-refractivity contribution in [1.82, 2.24) is 9.78 Å². The summed E-state index contributed by atoms with van der Waals surface area (Å²) in [7, 11) is 1.90. The summed E-state index contributed by atoms with van der Waals surface area (Å²) >= 11 is 0. The average molecular weight is 481 g/mol. The molecule has 35 heavy (non-hydrogen) atoms. The van der Waals surface area contributed by atoms with Crippen molar-refractivity contribution in [2.45, 2.75) is 78.2 Å². The van der Waals surface area contributed by atoms with Gasteiger partial charge in [0.25, 0.3) is 0 Å². The van der Waals surface area contributed by atoms with Gasteiger partial charge in [-0.25, -0.2) is 4.39 Å². The highest BCUT2D eigenvalue weighted by atomic mass is 19.1. The number of hydrogen-bond donors (Lipinski definition) is 0. The Morgan fingerprint density at radius 3 is 2.83 bits per heavy atom. The van der Waals surface area contributed by atoms with Crippen LogP contribution < -0.4 is 0 Å². The maximum Gasteiger partial charge on any atom is 0.157 e. The molecule has 6 rings (SSSR count). The first-order chi connectivity index (χ1) is 16.8. The van der Waals surface area contributed by atoms with Crippen molar-refractivity contribution in [1.29, 1.82) is 0 Å². The van der Waals surface area contributed by atoms with Crippen LogP contribution >= 0.6 is 0 Å². The molecule has 1 heterocycles. The summed E-state index contributed by atoms with van der Waals surface area (Å²) in [5.41, 5.74) is 1.08. The van der Waals surface area contributed by atoms with Crippen molar-refractivity contribution in [3.63, 3.8) is 0 Å². The summed E-state index contributed by atoms with van der Waals surface area (Å²) in [5.74, 6) is 3.94. The van der Waals surface area contributed by atoms with Gasteiger partial charge in [-0.3, -0.25) is 9.48 Å². The predicted octanol–water partition coefficient (Wildman–Crippen LogP) is 6.67. The Morgan fingerprint density at radius 1 is 1.14 bits per heavy atom. The van der Waals surface area contributed by atoms with E-state index < -0.39 is 0 Å². The Morgan fingerprint density at radius 2 is 2.00 bits per heavy atom. The van der Waals surface area contributed by atoms with Crippen LogP contribution in [-0.4, -0.2) is 29.3 Å². The van der Waals surface area contributed by atoms with Crippen LogP contribution in [0.1, 0.15) is 71.6 Å². The molecule has 0 aliphatic heterocycles. The molecule has 0 bridgehead atoms. The second kappa shape index (κ2) is 8.68. The fraction of sp³-hybridized carbons (Fsp3) is 0.733. The summed E-state index contributed by atoms with van der Waals surface area (Å²) < 4.78 is 21.3. The third-order valence-electron chi connectivity index (χ3n) is 11.3. The zero-order valence-electron chi connectivity index (χ0n) is 21.6. The van der Waals surface area contributed by atoms with E-state index in [1.165, 1.54) is 57.1 Å². The van der Waals surface area contributed by atoms with Crippen LogP contribution in [0, 0.1) is 52.2 Å². The fourth-order valence-electron chi connectivity index (χ4n) is 9.73. The fourth-order valence-corrected chi connectivity index (χ4v) is 9.73. The van der Waals surface area contributed by atoms with Crippen LogP contribution in [0.15, 0.2) is 24.4 Å². The summed E-state index contributed by atoms with van der Waals surface area (Å²) in [4.78, 5) is 13.7. The van der Waals surface area contributed by atoms with Gasteiger partial charge in [0.15, 0.2) is 5.78 Å². The number of benzene rings is 1. The lowest BCUT2D eigenvalue weighted by Crippen LogP contribution is -2.56. The standard InChI is InChI=1S/C30H41FN2O2/c1-19-10-13-30(18-35-3)21(14-19)5-7-23-24-8-9-26(29(24,2)12-11-25(23)30)28(34)17-33-16-20-4-6-22(31)15-27(20)32-33/h4,6,15-16,19,21,23-26H,5,7-14,17-18H2,1-3H3. The van der Waals surface area contributed by atoms with Gasteiger partial charge in [-0.1, -0.05) is 20.3 Å². The monoisotopic (exact) mass is 480 g/mol. The van der Waals surface area contributed by atoms with E-state index in [1.54, 1.807) is 10.7 Å². The molecule has 1 aromatic heterocycles. The Bertz CT molecular complexity index is 1110. The third-order valence-corrected chi connectivity index (χ3v) is 11.3. The molecule has 4 nitrogen and oxygen atoms in total. The normalized spacial score (nSPS) is 40.8. The molecule has 4 aliphatic carbocycles. The third kappa shape index (κ3) is 3.70. The zero-order valence-corrected chi connectivity index (χ0v) is 21.6. The number of carbonyl (C=O) groups excluding carboxylic acids is 1. The molecule has 2 aromatic rings. The van der Waals surface area contributed by atoms with Crippen molar-refractivity contribution in [2.24, 2.45) is 46.3 Å². The molecule has 4 saturated carbocycles. The van der Waals surface area contributed by atoms with Gasteiger partial charge in [-0.15, -0.1) is 0 Å². The first kappa shape index (κ1) is 23.6.